The molecular formula is C28H32N2O4. The molecule has 178 valence electrons. The highest BCUT2D eigenvalue weighted by atomic mass is 16.5. The van der Waals surface area contributed by atoms with Crippen LogP contribution in [0.25, 0.3) is 0 Å². The summed E-state index contributed by atoms with van der Waals surface area (Å²) in [7, 11) is 1.59. The molecule has 3 aromatic rings. The molecule has 6 nitrogen and oxygen atoms in total. The Morgan fingerprint density at radius 2 is 1.59 bits per heavy atom. The molecule has 2 N–H and O–H groups in total. The molecule has 1 atom stereocenters. The highest BCUT2D eigenvalue weighted by Gasteiger charge is 2.25. The van der Waals surface area contributed by atoms with Gasteiger partial charge in [-0.1, -0.05) is 68.4 Å². The van der Waals surface area contributed by atoms with Crippen molar-refractivity contribution in [3.63, 3.8) is 0 Å². The van der Waals surface area contributed by atoms with Crippen LogP contribution in [0.3, 0.4) is 0 Å². The first-order chi connectivity index (χ1) is 16.4. The van der Waals surface area contributed by atoms with Gasteiger partial charge in [-0.05, 0) is 47.7 Å². The van der Waals surface area contributed by atoms with Crippen molar-refractivity contribution in [1.29, 1.82) is 0 Å². The van der Waals surface area contributed by atoms with Crippen LogP contribution in [-0.2, 0) is 17.9 Å². The molecule has 1 unspecified atom stereocenters. The lowest BCUT2D eigenvalue weighted by Gasteiger charge is -2.22. The second-order valence-electron chi connectivity index (χ2n) is 8.49. The van der Waals surface area contributed by atoms with Crippen molar-refractivity contribution < 1.29 is 19.1 Å². The Labute approximate surface area is 201 Å². The number of rotatable bonds is 10. The predicted molar refractivity (Wildman–Crippen MR) is 133 cm³/mol. The number of ether oxygens (including phenoxy) is 2. The monoisotopic (exact) mass is 460 g/mol. The Morgan fingerprint density at radius 1 is 0.882 bits per heavy atom. The predicted octanol–water partition coefficient (Wildman–Crippen LogP) is 4.65. The second-order valence-corrected chi connectivity index (χ2v) is 8.49. The molecule has 0 bridgehead atoms. The van der Waals surface area contributed by atoms with Crippen molar-refractivity contribution in [2.75, 3.05) is 7.11 Å². The number of hydrogen-bond acceptors (Lipinski definition) is 4. The lowest BCUT2D eigenvalue weighted by molar-refractivity contribution is -0.124. The van der Waals surface area contributed by atoms with Gasteiger partial charge in [0.05, 0.1) is 7.11 Å². The number of nitrogens with one attached hydrogen (secondary N) is 2. The Kier molecular flexibility index (Phi) is 8.68. The third kappa shape index (κ3) is 6.61. The SMILES string of the molecule is COc1cc(CNC(=O)C(NC(=O)c2ccccc2C)C(C)C)ccc1OCc1ccccc1. The van der Waals surface area contributed by atoms with Crippen LogP contribution >= 0.6 is 0 Å². The number of benzene rings is 3. The van der Waals surface area contributed by atoms with E-state index in [1.807, 2.05) is 87.5 Å². The van der Waals surface area contributed by atoms with Crippen LogP contribution < -0.4 is 20.1 Å². The molecule has 6 heteroatoms. The topological polar surface area (TPSA) is 76.7 Å². The van der Waals surface area contributed by atoms with E-state index in [2.05, 4.69) is 10.6 Å². The molecule has 3 aromatic carbocycles. The van der Waals surface area contributed by atoms with Crippen LogP contribution in [0.2, 0.25) is 0 Å². The molecule has 3 rings (SSSR count). The van der Waals surface area contributed by atoms with Gasteiger partial charge in [-0.3, -0.25) is 9.59 Å². The van der Waals surface area contributed by atoms with Crippen molar-refractivity contribution in [2.45, 2.75) is 40.0 Å². The zero-order chi connectivity index (χ0) is 24.5. The molecule has 0 aliphatic carbocycles. The number of carbonyl (C=O) groups is 2. The first-order valence-corrected chi connectivity index (χ1v) is 11.4. The molecule has 0 spiro atoms. The fraction of sp³-hybridized carbons (Fsp3) is 0.286. The molecular weight excluding hydrogens is 428 g/mol. The van der Waals surface area contributed by atoms with Crippen molar-refractivity contribution in [3.05, 3.63) is 95.1 Å². The van der Waals surface area contributed by atoms with Crippen LogP contribution in [0.15, 0.2) is 72.8 Å². The van der Waals surface area contributed by atoms with E-state index in [4.69, 9.17) is 9.47 Å². The molecule has 0 saturated heterocycles. The Bertz CT molecular complexity index is 1110. The summed E-state index contributed by atoms with van der Waals surface area (Å²) >= 11 is 0. The van der Waals surface area contributed by atoms with E-state index in [9.17, 15) is 9.59 Å². The van der Waals surface area contributed by atoms with Gasteiger partial charge in [0.15, 0.2) is 11.5 Å². The van der Waals surface area contributed by atoms with Crippen molar-refractivity contribution in [1.82, 2.24) is 10.6 Å². The van der Waals surface area contributed by atoms with Crippen LogP contribution in [0.1, 0.15) is 40.9 Å². The first kappa shape index (κ1) is 24.8. The van der Waals surface area contributed by atoms with E-state index in [1.54, 1.807) is 13.2 Å². The Balaban J connectivity index is 1.61. The van der Waals surface area contributed by atoms with Gasteiger partial charge >= 0.3 is 0 Å². The number of aryl methyl sites for hydroxylation is 1. The fourth-order valence-electron chi connectivity index (χ4n) is 3.56. The standard InChI is InChI=1S/C28H32N2O4/c1-19(2)26(30-27(31)23-13-9-8-10-20(23)3)28(32)29-17-22-14-15-24(25(16-22)33-4)34-18-21-11-6-5-7-12-21/h5-16,19,26H,17-18H2,1-4H3,(H,29,32)(H,30,31). The minimum absolute atomic E-state index is 0.0729. The highest BCUT2D eigenvalue weighted by molar-refractivity contribution is 5.98. The zero-order valence-electron chi connectivity index (χ0n) is 20.1. The van der Waals surface area contributed by atoms with Gasteiger partial charge in [-0.2, -0.15) is 0 Å². The van der Waals surface area contributed by atoms with E-state index in [0.717, 1.165) is 16.7 Å². The van der Waals surface area contributed by atoms with Gasteiger partial charge in [0, 0.05) is 12.1 Å². The van der Waals surface area contributed by atoms with Gasteiger partial charge in [-0.25, -0.2) is 0 Å². The number of hydrogen-bond donors (Lipinski definition) is 2. The maximum Gasteiger partial charge on any atom is 0.252 e. The highest BCUT2D eigenvalue weighted by Crippen LogP contribution is 2.29. The Hall–Kier alpha value is -3.80. The normalized spacial score (nSPS) is 11.6. The third-order valence-corrected chi connectivity index (χ3v) is 5.56. The summed E-state index contributed by atoms with van der Waals surface area (Å²) in [6.07, 6.45) is 0. The average Bonchev–Trinajstić information content (AvgIpc) is 2.85. The molecule has 2 amide bonds. The van der Waals surface area contributed by atoms with Crippen LogP contribution in [0, 0.1) is 12.8 Å². The van der Waals surface area contributed by atoms with Crippen LogP contribution in [0.5, 0.6) is 11.5 Å². The molecule has 34 heavy (non-hydrogen) atoms. The van der Waals surface area contributed by atoms with E-state index in [1.165, 1.54) is 0 Å². The van der Waals surface area contributed by atoms with Crippen LogP contribution in [-0.4, -0.2) is 25.0 Å². The summed E-state index contributed by atoms with van der Waals surface area (Å²) in [5.41, 5.74) is 3.36. The lowest BCUT2D eigenvalue weighted by Crippen LogP contribution is -2.49. The molecule has 0 fully saturated rings. The summed E-state index contributed by atoms with van der Waals surface area (Å²) in [6, 6.07) is 22.1. The van der Waals surface area contributed by atoms with Gasteiger partial charge in [0.1, 0.15) is 12.6 Å². The minimum Gasteiger partial charge on any atom is -0.493 e. The first-order valence-electron chi connectivity index (χ1n) is 11.4. The number of methoxy groups -OCH3 is 1. The molecule has 0 aliphatic heterocycles. The fourth-order valence-corrected chi connectivity index (χ4v) is 3.56. The van der Waals surface area contributed by atoms with E-state index < -0.39 is 6.04 Å². The second kappa shape index (κ2) is 11.9. The summed E-state index contributed by atoms with van der Waals surface area (Å²) in [5.74, 6) is 0.660. The Morgan fingerprint density at radius 3 is 2.26 bits per heavy atom. The zero-order valence-corrected chi connectivity index (χ0v) is 20.1. The van der Waals surface area contributed by atoms with Gasteiger partial charge in [0.25, 0.3) is 5.91 Å². The summed E-state index contributed by atoms with van der Waals surface area (Å²) in [6.45, 7) is 6.43. The van der Waals surface area contributed by atoms with Crippen LogP contribution in [0.4, 0.5) is 0 Å². The van der Waals surface area contributed by atoms with Gasteiger partial charge in [0.2, 0.25) is 5.91 Å². The van der Waals surface area contributed by atoms with E-state index in [-0.39, 0.29) is 17.7 Å². The smallest absolute Gasteiger partial charge is 0.252 e. The van der Waals surface area contributed by atoms with Gasteiger partial charge < -0.3 is 20.1 Å². The molecule has 0 aliphatic rings. The summed E-state index contributed by atoms with van der Waals surface area (Å²) < 4.78 is 11.4. The van der Waals surface area contributed by atoms with E-state index in [0.29, 0.717) is 30.2 Å². The van der Waals surface area contributed by atoms with Crippen molar-refractivity contribution >= 4 is 11.8 Å². The third-order valence-electron chi connectivity index (χ3n) is 5.56. The molecule has 0 aromatic heterocycles. The van der Waals surface area contributed by atoms with Gasteiger partial charge in [-0.15, -0.1) is 0 Å². The number of carbonyl (C=O) groups excluding carboxylic acids is 2. The average molecular weight is 461 g/mol. The van der Waals surface area contributed by atoms with E-state index >= 15 is 0 Å². The lowest BCUT2D eigenvalue weighted by atomic mass is 10.0. The maximum atomic E-state index is 12.9. The van der Waals surface area contributed by atoms with Crippen molar-refractivity contribution in [3.8, 4) is 11.5 Å². The number of amides is 2. The minimum atomic E-state index is -0.650. The quantitative estimate of drug-likeness (QED) is 0.462. The summed E-state index contributed by atoms with van der Waals surface area (Å²) in [5, 5.41) is 5.81. The molecule has 0 saturated carbocycles. The van der Waals surface area contributed by atoms with Crippen molar-refractivity contribution in [2.24, 2.45) is 5.92 Å². The largest absolute Gasteiger partial charge is 0.493 e. The summed E-state index contributed by atoms with van der Waals surface area (Å²) in [4.78, 5) is 25.6. The molecule has 0 heterocycles. The maximum absolute atomic E-state index is 12.9. The molecule has 0 radical (unpaired) electrons.